The van der Waals surface area contributed by atoms with Crippen LogP contribution in [-0.2, 0) is 9.47 Å². The molecule has 0 aliphatic heterocycles. The molecule has 4 heteroatoms. The maximum atomic E-state index is 13.8. The number of rotatable bonds is 5. The van der Waals surface area contributed by atoms with Crippen molar-refractivity contribution < 1.29 is 13.9 Å². The molecular formula is C15H20BrFO2. The van der Waals surface area contributed by atoms with Crippen LogP contribution >= 0.6 is 15.9 Å². The predicted molar refractivity (Wildman–Crippen MR) is 77.1 cm³/mol. The quantitative estimate of drug-likeness (QED) is 0.752. The molecule has 0 aromatic heterocycles. The number of hydrogen-bond donors (Lipinski definition) is 0. The first-order valence-electron chi connectivity index (χ1n) is 6.73. The molecule has 19 heavy (non-hydrogen) atoms. The summed E-state index contributed by atoms with van der Waals surface area (Å²) in [6.07, 6.45) is 4.31. The van der Waals surface area contributed by atoms with Crippen molar-refractivity contribution in [1.82, 2.24) is 0 Å². The lowest BCUT2D eigenvalue weighted by atomic mass is 9.94. The van der Waals surface area contributed by atoms with Gasteiger partial charge in [-0.25, -0.2) is 4.39 Å². The summed E-state index contributed by atoms with van der Waals surface area (Å²) in [4.78, 5) is 0. The zero-order valence-electron chi connectivity index (χ0n) is 11.1. The molecule has 0 spiro atoms. The van der Waals surface area contributed by atoms with E-state index in [1.54, 1.807) is 19.2 Å². The predicted octanol–water partition coefficient (Wildman–Crippen LogP) is 4.24. The van der Waals surface area contributed by atoms with Gasteiger partial charge in [0, 0.05) is 18.0 Å². The third-order valence-electron chi connectivity index (χ3n) is 3.66. The smallest absolute Gasteiger partial charge is 0.129 e. The summed E-state index contributed by atoms with van der Waals surface area (Å²) in [5, 5.41) is 0.599. The van der Waals surface area contributed by atoms with Gasteiger partial charge >= 0.3 is 0 Å². The van der Waals surface area contributed by atoms with E-state index in [9.17, 15) is 4.39 Å². The molecule has 1 aliphatic carbocycles. The molecule has 2 rings (SSSR count). The Morgan fingerprint density at radius 2 is 2.05 bits per heavy atom. The summed E-state index contributed by atoms with van der Waals surface area (Å²) < 4.78 is 25.3. The van der Waals surface area contributed by atoms with Crippen LogP contribution in [0.4, 0.5) is 4.39 Å². The molecule has 3 unspecified atom stereocenters. The highest BCUT2D eigenvalue weighted by atomic mass is 79.9. The first-order valence-corrected chi connectivity index (χ1v) is 7.85. The van der Waals surface area contributed by atoms with Gasteiger partial charge < -0.3 is 9.47 Å². The third-order valence-corrected chi connectivity index (χ3v) is 4.25. The van der Waals surface area contributed by atoms with Crippen molar-refractivity contribution in [2.75, 3.05) is 12.4 Å². The maximum absolute atomic E-state index is 13.8. The molecule has 1 aromatic rings. The van der Waals surface area contributed by atoms with E-state index in [-0.39, 0.29) is 24.1 Å². The van der Waals surface area contributed by atoms with Crippen LogP contribution in [0, 0.1) is 5.82 Å². The summed E-state index contributed by atoms with van der Waals surface area (Å²) in [5.74, 6) is -0.203. The Morgan fingerprint density at radius 1 is 1.32 bits per heavy atom. The second kappa shape index (κ2) is 7.36. The fourth-order valence-corrected chi connectivity index (χ4v) is 3.10. The van der Waals surface area contributed by atoms with E-state index < -0.39 is 0 Å². The normalized spacial score (nSPS) is 25.2. The highest BCUT2D eigenvalue weighted by Gasteiger charge is 2.26. The van der Waals surface area contributed by atoms with Crippen molar-refractivity contribution in [2.24, 2.45) is 0 Å². The number of alkyl halides is 1. The van der Waals surface area contributed by atoms with Gasteiger partial charge in [0.25, 0.3) is 0 Å². The van der Waals surface area contributed by atoms with Crippen LogP contribution in [0.3, 0.4) is 0 Å². The van der Waals surface area contributed by atoms with Gasteiger partial charge in [0.05, 0.1) is 18.3 Å². The van der Waals surface area contributed by atoms with E-state index in [2.05, 4.69) is 15.9 Å². The second-order valence-corrected chi connectivity index (χ2v) is 5.59. The van der Waals surface area contributed by atoms with Gasteiger partial charge in [-0.15, -0.1) is 0 Å². The molecule has 0 radical (unpaired) electrons. The lowest BCUT2D eigenvalue weighted by molar-refractivity contribution is -0.0592. The van der Waals surface area contributed by atoms with Gasteiger partial charge in [0.2, 0.25) is 0 Å². The summed E-state index contributed by atoms with van der Waals surface area (Å²) in [7, 11) is 1.74. The summed E-state index contributed by atoms with van der Waals surface area (Å²) in [6, 6.07) is 6.81. The first-order chi connectivity index (χ1) is 9.24. The molecular weight excluding hydrogens is 311 g/mol. The van der Waals surface area contributed by atoms with Crippen LogP contribution in [0.5, 0.6) is 0 Å². The van der Waals surface area contributed by atoms with Crippen molar-refractivity contribution in [3.05, 3.63) is 35.6 Å². The number of hydrogen-bond acceptors (Lipinski definition) is 2. The molecule has 1 saturated carbocycles. The van der Waals surface area contributed by atoms with Crippen molar-refractivity contribution in [2.45, 2.75) is 44.0 Å². The largest absolute Gasteiger partial charge is 0.381 e. The van der Waals surface area contributed by atoms with Crippen LogP contribution in [0.15, 0.2) is 24.3 Å². The Kier molecular flexibility index (Phi) is 5.79. The van der Waals surface area contributed by atoms with Gasteiger partial charge in [-0.1, -0.05) is 34.1 Å². The lowest BCUT2D eigenvalue weighted by Gasteiger charge is -2.31. The summed E-state index contributed by atoms with van der Waals surface area (Å²) in [6.45, 7) is 0. The average Bonchev–Trinajstić information content (AvgIpc) is 2.46. The minimum Gasteiger partial charge on any atom is -0.381 e. The summed E-state index contributed by atoms with van der Waals surface area (Å²) in [5.41, 5.74) is 0.624. The summed E-state index contributed by atoms with van der Waals surface area (Å²) >= 11 is 3.42. The molecule has 0 saturated heterocycles. The van der Waals surface area contributed by atoms with E-state index in [1.807, 2.05) is 6.07 Å². The van der Waals surface area contributed by atoms with Gasteiger partial charge in [-0.3, -0.25) is 0 Å². The Balaban J connectivity index is 2.01. The molecule has 3 atom stereocenters. The van der Waals surface area contributed by atoms with E-state index in [0.29, 0.717) is 10.9 Å². The van der Waals surface area contributed by atoms with Crippen molar-refractivity contribution in [3.8, 4) is 0 Å². The van der Waals surface area contributed by atoms with Gasteiger partial charge in [-0.05, 0) is 31.7 Å². The van der Waals surface area contributed by atoms with Crippen LogP contribution in [-0.4, -0.2) is 24.6 Å². The van der Waals surface area contributed by atoms with Crippen LogP contribution in [0.25, 0.3) is 0 Å². The molecule has 0 heterocycles. The fourth-order valence-electron chi connectivity index (χ4n) is 2.60. The molecule has 1 aliphatic rings. The van der Waals surface area contributed by atoms with Gasteiger partial charge in [-0.2, -0.15) is 0 Å². The monoisotopic (exact) mass is 330 g/mol. The van der Waals surface area contributed by atoms with Gasteiger partial charge in [0.1, 0.15) is 5.82 Å². The maximum Gasteiger partial charge on any atom is 0.129 e. The average molecular weight is 331 g/mol. The zero-order chi connectivity index (χ0) is 13.7. The zero-order valence-corrected chi connectivity index (χ0v) is 12.7. The molecule has 0 bridgehead atoms. The third kappa shape index (κ3) is 4.01. The molecule has 1 aromatic carbocycles. The standard InChI is InChI=1S/C15H20BrFO2/c1-18-11-5-4-6-12(9-11)19-15(10-16)13-7-2-3-8-14(13)17/h2-3,7-8,11-12,15H,4-6,9-10H2,1H3. The minimum absolute atomic E-state index is 0.154. The van der Waals surface area contributed by atoms with Crippen LogP contribution < -0.4 is 0 Å². The molecule has 1 fully saturated rings. The van der Waals surface area contributed by atoms with Crippen molar-refractivity contribution in [3.63, 3.8) is 0 Å². The number of ether oxygens (including phenoxy) is 2. The molecule has 0 N–H and O–H groups in total. The van der Waals surface area contributed by atoms with E-state index in [1.165, 1.54) is 6.07 Å². The number of benzene rings is 1. The van der Waals surface area contributed by atoms with Crippen LogP contribution in [0.2, 0.25) is 0 Å². The van der Waals surface area contributed by atoms with Crippen molar-refractivity contribution >= 4 is 15.9 Å². The Hall–Kier alpha value is -0.450. The van der Waals surface area contributed by atoms with E-state index in [4.69, 9.17) is 9.47 Å². The number of halogens is 2. The number of methoxy groups -OCH3 is 1. The fraction of sp³-hybridized carbons (Fsp3) is 0.600. The van der Waals surface area contributed by atoms with Crippen LogP contribution in [0.1, 0.15) is 37.4 Å². The van der Waals surface area contributed by atoms with Gasteiger partial charge in [0.15, 0.2) is 0 Å². The molecule has 106 valence electrons. The first kappa shape index (κ1) is 14.9. The topological polar surface area (TPSA) is 18.5 Å². The molecule has 0 amide bonds. The SMILES string of the molecule is COC1CCCC(OC(CBr)c2ccccc2F)C1. The Bertz CT molecular complexity index is 399. The lowest BCUT2D eigenvalue weighted by Crippen LogP contribution is -2.29. The Labute approximate surface area is 122 Å². The van der Waals surface area contributed by atoms with E-state index in [0.717, 1.165) is 25.7 Å². The molecule has 2 nitrogen and oxygen atoms in total. The van der Waals surface area contributed by atoms with E-state index >= 15 is 0 Å². The highest BCUT2D eigenvalue weighted by Crippen LogP contribution is 2.30. The van der Waals surface area contributed by atoms with Crippen molar-refractivity contribution in [1.29, 1.82) is 0 Å². The second-order valence-electron chi connectivity index (χ2n) is 4.95. The Morgan fingerprint density at radius 3 is 2.74 bits per heavy atom. The minimum atomic E-state index is -0.234. The highest BCUT2D eigenvalue weighted by molar-refractivity contribution is 9.09.